The molecule has 1 aliphatic heterocycles. The first-order valence-corrected chi connectivity index (χ1v) is 8.09. The predicted octanol–water partition coefficient (Wildman–Crippen LogP) is 1.58. The fourth-order valence-corrected chi connectivity index (χ4v) is 5.43. The third kappa shape index (κ3) is 1.52. The van der Waals surface area contributed by atoms with Crippen molar-refractivity contribution in [2.45, 2.75) is 24.7 Å². The number of aliphatic hydroxyl groups excluding tert-OH is 2. The number of nitrogens with zero attached hydrogens (tertiary/aromatic N) is 1. The minimum Gasteiger partial charge on any atom is -0.391 e. The summed E-state index contributed by atoms with van der Waals surface area (Å²) < 4.78 is 0. The van der Waals surface area contributed by atoms with Gasteiger partial charge in [-0.2, -0.15) is 0 Å². The molecule has 114 valence electrons. The minimum absolute atomic E-state index is 0.0646. The number of hydrogen-bond acceptors (Lipinski definition) is 4. The van der Waals surface area contributed by atoms with Gasteiger partial charge in [0, 0.05) is 17.8 Å². The van der Waals surface area contributed by atoms with Crippen molar-refractivity contribution in [3.05, 3.63) is 48.0 Å². The molecule has 2 bridgehead atoms. The van der Waals surface area contributed by atoms with Crippen molar-refractivity contribution in [1.82, 2.24) is 0 Å². The molecule has 5 rings (SSSR count). The summed E-state index contributed by atoms with van der Waals surface area (Å²) in [5.74, 6) is 1.12. The number of benzene rings is 1. The SMILES string of the molecule is O[C@@H]1C=C[C@H](O)C2C1[C@@H]1C[C@H]2[C@H]2C(c3ccccc3)=NO[C@H]21. The van der Waals surface area contributed by atoms with Crippen molar-refractivity contribution < 1.29 is 15.1 Å². The first kappa shape index (κ1) is 12.9. The van der Waals surface area contributed by atoms with Gasteiger partial charge in [0.1, 0.15) is 6.10 Å². The van der Waals surface area contributed by atoms with Crippen LogP contribution in [0.15, 0.2) is 47.6 Å². The van der Waals surface area contributed by atoms with Crippen molar-refractivity contribution in [3.8, 4) is 0 Å². The van der Waals surface area contributed by atoms with E-state index in [1.165, 1.54) is 0 Å². The molecule has 8 atom stereocenters. The summed E-state index contributed by atoms with van der Waals surface area (Å²) in [7, 11) is 0. The first-order chi connectivity index (χ1) is 10.8. The van der Waals surface area contributed by atoms with E-state index in [9.17, 15) is 10.2 Å². The van der Waals surface area contributed by atoms with Gasteiger partial charge in [-0.3, -0.25) is 0 Å². The molecular formula is C18H19NO3. The summed E-state index contributed by atoms with van der Waals surface area (Å²) in [6.07, 6.45) is 3.67. The average Bonchev–Trinajstić information content (AvgIpc) is 3.21. The lowest BCUT2D eigenvalue weighted by atomic mass is 9.65. The van der Waals surface area contributed by atoms with Crippen LogP contribution >= 0.6 is 0 Å². The third-order valence-corrected chi connectivity index (χ3v) is 6.17. The summed E-state index contributed by atoms with van der Waals surface area (Å²) in [5, 5.41) is 25.1. The Morgan fingerprint density at radius 2 is 1.64 bits per heavy atom. The van der Waals surface area contributed by atoms with E-state index < -0.39 is 12.2 Å². The topological polar surface area (TPSA) is 62.0 Å². The second-order valence-electron chi connectivity index (χ2n) is 7.02. The number of hydrogen-bond donors (Lipinski definition) is 2. The molecule has 4 heteroatoms. The molecule has 2 unspecified atom stereocenters. The lowest BCUT2D eigenvalue weighted by Crippen LogP contribution is -2.49. The second-order valence-corrected chi connectivity index (χ2v) is 7.02. The highest BCUT2D eigenvalue weighted by Crippen LogP contribution is 2.61. The predicted molar refractivity (Wildman–Crippen MR) is 81.1 cm³/mol. The van der Waals surface area contributed by atoms with Crippen LogP contribution in [0.1, 0.15) is 12.0 Å². The van der Waals surface area contributed by atoms with Crippen LogP contribution in [0.5, 0.6) is 0 Å². The van der Waals surface area contributed by atoms with Crippen LogP contribution in [-0.2, 0) is 4.84 Å². The Hall–Kier alpha value is -1.65. The monoisotopic (exact) mass is 297 g/mol. The van der Waals surface area contributed by atoms with Gasteiger partial charge in [0.05, 0.1) is 17.9 Å². The number of oxime groups is 1. The molecule has 4 aliphatic rings. The van der Waals surface area contributed by atoms with Crippen LogP contribution in [0.25, 0.3) is 0 Å². The molecule has 0 amide bonds. The molecule has 1 aromatic carbocycles. The normalized spacial score (nSPS) is 47.8. The van der Waals surface area contributed by atoms with Gasteiger partial charge in [-0.25, -0.2) is 0 Å². The van der Waals surface area contributed by atoms with E-state index in [-0.39, 0.29) is 23.9 Å². The largest absolute Gasteiger partial charge is 0.391 e. The van der Waals surface area contributed by atoms with Gasteiger partial charge < -0.3 is 15.1 Å². The molecule has 1 aromatic rings. The third-order valence-electron chi connectivity index (χ3n) is 6.17. The standard InChI is InChI=1S/C18H19NO3/c20-12-6-7-13(21)15-11-8-10(14(12)15)16-17(19-22-18(11)16)9-4-2-1-3-5-9/h1-7,10-16,18,20-21H,8H2/t10-,11+,12+,13-,14?,15?,16+,18+/m1/s1. The van der Waals surface area contributed by atoms with Crippen molar-refractivity contribution in [1.29, 1.82) is 0 Å². The van der Waals surface area contributed by atoms with Crippen molar-refractivity contribution >= 4 is 5.71 Å². The molecule has 4 nitrogen and oxygen atoms in total. The summed E-state index contributed by atoms with van der Waals surface area (Å²) in [6.45, 7) is 0. The fraction of sp³-hybridized carbons (Fsp3) is 0.500. The van der Waals surface area contributed by atoms with E-state index in [2.05, 4.69) is 17.3 Å². The Kier molecular flexibility index (Phi) is 2.59. The van der Waals surface area contributed by atoms with Crippen molar-refractivity contribution in [2.24, 2.45) is 34.7 Å². The molecular weight excluding hydrogens is 278 g/mol. The Morgan fingerprint density at radius 1 is 0.955 bits per heavy atom. The van der Waals surface area contributed by atoms with Crippen LogP contribution in [0.4, 0.5) is 0 Å². The van der Waals surface area contributed by atoms with Crippen LogP contribution < -0.4 is 0 Å². The zero-order valence-electron chi connectivity index (χ0n) is 12.1. The molecule has 0 spiro atoms. The van der Waals surface area contributed by atoms with Crippen molar-refractivity contribution in [3.63, 3.8) is 0 Å². The molecule has 1 heterocycles. The molecule has 2 N–H and O–H groups in total. The van der Waals surface area contributed by atoms with Crippen molar-refractivity contribution in [2.75, 3.05) is 0 Å². The van der Waals surface area contributed by atoms with Gasteiger partial charge in [0.25, 0.3) is 0 Å². The number of aliphatic hydroxyl groups is 2. The zero-order chi connectivity index (χ0) is 14.8. The smallest absolute Gasteiger partial charge is 0.139 e. The van der Waals surface area contributed by atoms with E-state index in [0.29, 0.717) is 11.8 Å². The van der Waals surface area contributed by atoms with Crippen LogP contribution in [-0.4, -0.2) is 34.2 Å². The molecule has 0 aromatic heterocycles. The van der Waals surface area contributed by atoms with Gasteiger partial charge in [-0.15, -0.1) is 0 Å². The van der Waals surface area contributed by atoms with E-state index in [1.807, 2.05) is 18.2 Å². The highest BCUT2D eigenvalue weighted by Gasteiger charge is 2.65. The number of rotatable bonds is 1. The van der Waals surface area contributed by atoms with E-state index in [0.717, 1.165) is 17.7 Å². The Bertz CT molecular complexity index is 656. The van der Waals surface area contributed by atoms with E-state index in [4.69, 9.17) is 4.84 Å². The second kappa shape index (κ2) is 4.43. The van der Waals surface area contributed by atoms with E-state index >= 15 is 0 Å². The van der Waals surface area contributed by atoms with Gasteiger partial charge in [-0.05, 0) is 23.8 Å². The lowest BCUT2D eigenvalue weighted by Gasteiger charge is -2.42. The maximum absolute atomic E-state index is 10.4. The fourth-order valence-electron chi connectivity index (χ4n) is 5.43. The van der Waals surface area contributed by atoms with Crippen LogP contribution in [0.3, 0.4) is 0 Å². The summed E-state index contributed by atoms with van der Waals surface area (Å²) >= 11 is 0. The summed E-state index contributed by atoms with van der Waals surface area (Å²) in [6, 6.07) is 10.2. The Morgan fingerprint density at radius 3 is 2.36 bits per heavy atom. The lowest BCUT2D eigenvalue weighted by molar-refractivity contribution is -0.0672. The average molecular weight is 297 g/mol. The number of fused-ring (bicyclic) bond motifs is 8. The van der Waals surface area contributed by atoms with E-state index in [1.54, 1.807) is 12.2 Å². The molecule has 22 heavy (non-hydrogen) atoms. The maximum atomic E-state index is 10.4. The quantitative estimate of drug-likeness (QED) is 0.774. The summed E-state index contributed by atoms with van der Waals surface area (Å²) in [4.78, 5) is 5.78. The zero-order valence-corrected chi connectivity index (χ0v) is 12.1. The van der Waals surface area contributed by atoms with Crippen LogP contribution in [0, 0.1) is 29.6 Å². The highest BCUT2D eigenvalue weighted by molar-refractivity contribution is 6.03. The molecule has 0 radical (unpaired) electrons. The molecule has 2 saturated carbocycles. The first-order valence-electron chi connectivity index (χ1n) is 8.09. The van der Waals surface area contributed by atoms with Gasteiger partial charge in [-0.1, -0.05) is 47.6 Å². The molecule has 2 fully saturated rings. The molecule has 0 saturated heterocycles. The summed E-state index contributed by atoms with van der Waals surface area (Å²) in [5.41, 5.74) is 2.13. The van der Waals surface area contributed by atoms with Crippen LogP contribution in [0.2, 0.25) is 0 Å². The van der Waals surface area contributed by atoms with Gasteiger partial charge >= 0.3 is 0 Å². The Labute approximate surface area is 129 Å². The highest BCUT2D eigenvalue weighted by atomic mass is 16.6. The van der Waals surface area contributed by atoms with Gasteiger partial charge in [0.2, 0.25) is 0 Å². The van der Waals surface area contributed by atoms with Gasteiger partial charge in [0.15, 0.2) is 0 Å². The maximum Gasteiger partial charge on any atom is 0.139 e. The molecule has 3 aliphatic carbocycles. The minimum atomic E-state index is -0.464. The Balaban J connectivity index is 1.53.